The summed E-state index contributed by atoms with van der Waals surface area (Å²) in [5.41, 5.74) is 0.909. The predicted molar refractivity (Wildman–Crippen MR) is 87.8 cm³/mol. The first kappa shape index (κ1) is 16.6. The molecule has 0 aliphatic carbocycles. The minimum absolute atomic E-state index is 0.196. The third kappa shape index (κ3) is 5.50. The van der Waals surface area contributed by atoms with Crippen LogP contribution in [0.2, 0.25) is 0 Å². The zero-order chi connectivity index (χ0) is 16.5. The van der Waals surface area contributed by atoms with E-state index >= 15 is 0 Å². The van der Waals surface area contributed by atoms with Crippen LogP contribution in [0.25, 0.3) is 0 Å². The van der Waals surface area contributed by atoms with E-state index in [0.717, 1.165) is 11.3 Å². The number of benzene rings is 1. The molecule has 0 fully saturated rings. The van der Waals surface area contributed by atoms with Crippen molar-refractivity contribution in [2.75, 3.05) is 13.2 Å². The molecule has 2 rings (SSSR count). The SMILES string of the molecule is CCNC(=O)NCc1ccnc(Oc2ccc(OCC)cc2)c1. The van der Waals surface area contributed by atoms with Gasteiger partial charge in [-0.3, -0.25) is 0 Å². The van der Waals surface area contributed by atoms with E-state index in [0.29, 0.717) is 31.3 Å². The van der Waals surface area contributed by atoms with E-state index in [4.69, 9.17) is 9.47 Å². The van der Waals surface area contributed by atoms with E-state index < -0.39 is 0 Å². The lowest BCUT2D eigenvalue weighted by Crippen LogP contribution is -2.34. The second-order valence-corrected chi connectivity index (χ2v) is 4.72. The van der Waals surface area contributed by atoms with Crippen LogP contribution in [0.5, 0.6) is 17.4 Å². The zero-order valence-electron chi connectivity index (χ0n) is 13.3. The number of rotatable bonds is 7. The molecular weight excluding hydrogens is 294 g/mol. The van der Waals surface area contributed by atoms with Crippen molar-refractivity contribution >= 4 is 6.03 Å². The standard InChI is InChI=1S/C17H21N3O3/c1-3-18-17(21)20-12-13-9-10-19-16(11-13)23-15-7-5-14(6-8-15)22-4-2/h5-11H,3-4,12H2,1-2H3,(H2,18,20,21). The van der Waals surface area contributed by atoms with Gasteiger partial charge in [0.25, 0.3) is 0 Å². The summed E-state index contributed by atoms with van der Waals surface area (Å²) in [6, 6.07) is 10.8. The van der Waals surface area contributed by atoms with Crippen molar-refractivity contribution in [2.24, 2.45) is 0 Å². The molecule has 0 bridgehead atoms. The number of hydrogen-bond donors (Lipinski definition) is 2. The van der Waals surface area contributed by atoms with Crippen LogP contribution in [-0.4, -0.2) is 24.2 Å². The van der Waals surface area contributed by atoms with Gasteiger partial charge >= 0.3 is 6.03 Å². The van der Waals surface area contributed by atoms with Gasteiger partial charge in [0.2, 0.25) is 5.88 Å². The highest BCUT2D eigenvalue weighted by Gasteiger charge is 2.03. The Kier molecular flexibility index (Phi) is 6.23. The fourth-order valence-corrected chi connectivity index (χ4v) is 1.91. The van der Waals surface area contributed by atoms with Gasteiger partial charge < -0.3 is 20.1 Å². The lowest BCUT2D eigenvalue weighted by atomic mass is 10.2. The van der Waals surface area contributed by atoms with Crippen LogP contribution in [0.15, 0.2) is 42.6 Å². The van der Waals surface area contributed by atoms with Gasteiger partial charge in [0.15, 0.2) is 0 Å². The Bertz CT molecular complexity index is 629. The first-order valence-electron chi connectivity index (χ1n) is 7.58. The van der Waals surface area contributed by atoms with Crippen LogP contribution in [-0.2, 0) is 6.54 Å². The van der Waals surface area contributed by atoms with E-state index in [1.165, 1.54) is 0 Å². The molecule has 0 aliphatic rings. The molecule has 1 aromatic heterocycles. The number of carbonyl (C=O) groups is 1. The molecule has 0 spiro atoms. The molecule has 0 atom stereocenters. The number of carbonyl (C=O) groups excluding carboxylic acids is 1. The zero-order valence-corrected chi connectivity index (χ0v) is 13.3. The number of hydrogen-bond acceptors (Lipinski definition) is 4. The third-order valence-electron chi connectivity index (χ3n) is 2.95. The largest absolute Gasteiger partial charge is 0.494 e. The number of nitrogens with zero attached hydrogens (tertiary/aromatic N) is 1. The molecule has 23 heavy (non-hydrogen) atoms. The van der Waals surface area contributed by atoms with E-state index in [-0.39, 0.29) is 6.03 Å². The van der Waals surface area contributed by atoms with Crippen molar-refractivity contribution in [3.63, 3.8) is 0 Å². The van der Waals surface area contributed by atoms with Crippen molar-refractivity contribution in [3.05, 3.63) is 48.2 Å². The molecule has 6 heteroatoms. The minimum atomic E-state index is -0.196. The number of pyridine rings is 1. The molecule has 6 nitrogen and oxygen atoms in total. The third-order valence-corrected chi connectivity index (χ3v) is 2.95. The van der Waals surface area contributed by atoms with E-state index in [2.05, 4.69) is 15.6 Å². The summed E-state index contributed by atoms with van der Waals surface area (Å²) in [5, 5.41) is 5.44. The van der Waals surface area contributed by atoms with Crippen LogP contribution in [0, 0.1) is 0 Å². The summed E-state index contributed by atoms with van der Waals surface area (Å²) in [5.74, 6) is 1.95. The number of urea groups is 1. The molecule has 0 radical (unpaired) electrons. The van der Waals surface area contributed by atoms with Crippen LogP contribution < -0.4 is 20.1 Å². The fraction of sp³-hybridized carbons (Fsp3) is 0.294. The Morgan fingerprint density at radius 3 is 2.52 bits per heavy atom. The molecule has 2 amide bonds. The number of aromatic nitrogens is 1. The quantitative estimate of drug-likeness (QED) is 0.823. The Hall–Kier alpha value is -2.76. The average molecular weight is 315 g/mol. The highest BCUT2D eigenvalue weighted by molar-refractivity contribution is 5.73. The molecule has 122 valence electrons. The topological polar surface area (TPSA) is 72.5 Å². The first-order valence-corrected chi connectivity index (χ1v) is 7.58. The molecule has 2 N–H and O–H groups in total. The number of amides is 2. The van der Waals surface area contributed by atoms with Crippen molar-refractivity contribution in [3.8, 4) is 17.4 Å². The monoisotopic (exact) mass is 315 g/mol. The first-order chi connectivity index (χ1) is 11.2. The Balaban J connectivity index is 1.95. The van der Waals surface area contributed by atoms with Crippen LogP contribution in [0.1, 0.15) is 19.4 Å². The van der Waals surface area contributed by atoms with Crippen molar-refractivity contribution < 1.29 is 14.3 Å². The van der Waals surface area contributed by atoms with Gasteiger partial charge in [-0.2, -0.15) is 0 Å². The molecule has 0 unspecified atom stereocenters. The van der Waals surface area contributed by atoms with Gasteiger partial charge in [0.1, 0.15) is 11.5 Å². The molecule has 0 saturated heterocycles. The van der Waals surface area contributed by atoms with Gasteiger partial charge in [0.05, 0.1) is 6.61 Å². The second kappa shape index (κ2) is 8.63. The molecule has 0 saturated carbocycles. The Morgan fingerprint density at radius 1 is 1.09 bits per heavy atom. The van der Waals surface area contributed by atoms with E-state index in [9.17, 15) is 4.79 Å². The lowest BCUT2D eigenvalue weighted by molar-refractivity contribution is 0.241. The second-order valence-electron chi connectivity index (χ2n) is 4.72. The van der Waals surface area contributed by atoms with Crippen molar-refractivity contribution in [1.29, 1.82) is 0 Å². The van der Waals surface area contributed by atoms with Gasteiger partial charge in [-0.15, -0.1) is 0 Å². The molecule has 2 aromatic rings. The van der Waals surface area contributed by atoms with Gasteiger partial charge in [-0.25, -0.2) is 9.78 Å². The summed E-state index contributed by atoms with van der Waals surface area (Å²) in [4.78, 5) is 15.6. The minimum Gasteiger partial charge on any atom is -0.494 e. The number of ether oxygens (including phenoxy) is 2. The number of nitrogens with one attached hydrogen (secondary N) is 2. The molecule has 1 aromatic carbocycles. The molecule has 0 aliphatic heterocycles. The fourth-order valence-electron chi connectivity index (χ4n) is 1.91. The Labute approximate surface area is 135 Å². The van der Waals surface area contributed by atoms with Crippen LogP contribution >= 0.6 is 0 Å². The maximum absolute atomic E-state index is 11.4. The maximum Gasteiger partial charge on any atom is 0.315 e. The highest BCUT2D eigenvalue weighted by Crippen LogP contribution is 2.22. The summed E-state index contributed by atoms with van der Waals surface area (Å²) in [6.45, 7) is 5.44. The van der Waals surface area contributed by atoms with Crippen molar-refractivity contribution in [1.82, 2.24) is 15.6 Å². The van der Waals surface area contributed by atoms with Gasteiger partial charge in [0, 0.05) is 25.4 Å². The summed E-state index contributed by atoms with van der Waals surface area (Å²) in [7, 11) is 0. The lowest BCUT2D eigenvalue weighted by Gasteiger charge is -2.09. The van der Waals surface area contributed by atoms with Crippen LogP contribution in [0.3, 0.4) is 0 Å². The van der Waals surface area contributed by atoms with Crippen LogP contribution in [0.4, 0.5) is 4.79 Å². The van der Waals surface area contributed by atoms with Gasteiger partial charge in [-0.05, 0) is 49.7 Å². The molecular formula is C17H21N3O3. The summed E-state index contributed by atoms with van der Waals surface area (Å²) < 4.78 is 11.1. The van der Waals surface area contributed by atoms with E-state index in [1.807, 2.05) is 44.2 Å². The van der Waals surface area contributed by atoms with E-state index in [1.54, 1.807) is 12.3 Å². The smallest absolute Gasteiger partial charge is 0.315 e. The normalized spacial score (nSPS) is 10.0. The Morgan fingerprint density at radius 2 is 1.83 bits per heavy atom. The highest BCUT2D eigenvalue weighted by atomic mass is 16.5. The maximum atomic E-state index is 11.4. The average Bonchev–Trinajstić information content (AvgIpc) is 2.56. The van der Waals surface area contributed by atoms with Crippen molar-refractivity contribution in [2.45, 2.75) is 20.4 Å². The predicted octanol–water partition coefficient (Wildman–Crippen LogP) is 3.09. The summed E-state index contributed by atoms with van der Waals surface area (Å²) >= 11 is 0. The molecule has 1 heterocycles. The van der Waals surface area contributed by atoms with Gasteiger partial charge in [-0.1, -0.05) is 0 Å². The summed E-state index contributed by atoms with van der Waals surface area (Å²) in [6.07, 6.45) is 1.65.